The maximum Gasteiger partial charge on any atom is 0.155 e. The fraction of sp³-hybridized carbons (Fsp3) is 0.167. The van der Waals surface area contributed by atoms with E-state index < -0.39 is 0 Å². The van der Waals surface area contributed by atoms with E-state index in [4.69, 9.17) is 11.6 Å². The molecule has 0 aliphatic rings. The summed E-state index contributed by atoms with van der Waals surface area (Å²) in [5, 5.41) is 4.42. The van der Waals surface area contributed by atoms with Crippen LogP contribution in [-0.4, -0.2) is 16.1 Å². The Morgan fingerprint density at radius 2 is 2.29 bits per heavy atom. The van der Waals surface area contributed by atoms with Crippen molar-refractivity contribution < 1.29 is 9.18 Å². The van der Waals surface area contributed by atoms with Crippen LogP contribution in [0.5, 0.6) is 0 Å². The summed E-state index contributed by atoms with van der Waals surface area (Å²) in [4.78, 5) is 10.8. The summed E-state index contributed by atoms with van der Waals surface area (Å²) in [7, 11) is 0. The van der Waals surface area contributed by atoms with Crippen molar-refractivity contribution in [2.75, 3.05) is 0 Å². The highest BCUT2D eigenvalue weighted by Crippen LogP contribution is 2.19. The van der Waals surface area contributed by atoms with Gasteiger partial charge in [-0.05, 0) is 24.6 Å². The first-order valence-electron chi connectivity index (χ1n) is 5.04. The van der Waals surface area contributed by atoms with Crippen LogP contribution < -0.4 is 0 Å². The van der Waals surface area contributed by atoms with Crippen LogP contribution in [0.2, 0.25) is 5.15 Å². The zero-order valence-electron chi connectivity index (χ0n) is 9.15. The lowest BCUT2D eigenvalue weighted by Crippen LogP contribution is -2.02. The van der Waals surface area contributed by atoms with Crippen LogP contribution in [0.3, 0.4) is 0 Å². The Hall–Kier alpha value is -1.68. The first-order valence-corrected chi connectivity index (χ1v) is 5.42. The second-order valence-corrected chi connectivity index (χ2v) is 4.05. The maximum absolute atomic E-state index is 13.0. The zero-order valence-corrected chi connectivity index (χ0v) is 9.91. The van der Waals surface area contributed by atoms with Gasteiger partial charge in [-0.3, -0.25) is 4.79 Å². The molecule has 0 aliphatic carbocycles. The summed E-state index contributed by atoms with van der Waals surface area (Å²) in [6, 6.07) is 6.18. The Balaban J connectivity index is 2.33. The molecule has 0 bridgehead atoms. The van der Waals surface area contributed by atoms with E-state index in [2.05, 4.69) is 5.10 Å². The molecule has 0 atom stereocenters. The SMILES string of the molecule is Cc1nn(Cc2cccc(F)c2)c(Cl)c1C=O. The van der Waals surface area contributed by atoms with E-state index in [1.54, 1.807) is 19.1 Å². The predicted molar refractivity (Wildman–Crippen MR) is 62.9 cm³/mol. The number of carbonyl (C=O) groups is 1. The van der Waals surface area contributed by atoms with Gasteiger partial charge in [-0.1, -0.05) is 23.7 Å². The summed E-state index contributed by atoms with van der Waals surface area (Å²) >= 11 is 5.99. The molecule has 0 N–H and O–H groups in total. The number of hydrogen-bond acceptors (Lipinski definition) is 2. The Labute approximate surface area is 103 Å². The Morgan fingerprint density at radius 1 is 1.53 bits per heavy atom. The number of nitrogens with zero attached hydrogens (tertiary/aromatic N) is 2. The zero-order chi connectivity index (χ0) is 12.4. The average Bonchev–Trinajstić information content (AvgIpc) is 2.54. The molecular formula is C12H10ClFN2O. The van der Waals surface area contributed by atoms with Crippen molar-refractivity contribution in [1.82, 2.24) is 9.78 Å². The quantitative estimate of drug-likeness (QED) is 0.788. The molecule has 2 aromatic rings. The maximum atomic E-state index is 13.0. The van der Waals surface area contributed by atoms with Crippen molar-refractivity contribution in [2.45, 2.75) is 13.5 Å². The summed E-state index contributed by atoms with van der Waals surface area (Å²) in [6.45, 7) is 2.04. The molecule has 0 saturated heterocycles. The fourth-order valence-corrected chi connectivity index (χ4v) is 1.89. The van der Waals surface area contributed by atoms with Gasteiger partial charge < -0.3 is 0 Å². The van der Waals surface area contributed by atoms with Crippen molar-refractivity contribution in [3.05, 3.63) is 52.1 Å². The second kappa shape index (κ2) is 4.67. The monoisotopic (exact) mass is 252 g/mol. The minimum atomic E-state index is -0.307. The number of hydrogen-bond donors (Lipinski definition) is 0. The standard InChI is InChI=1S/C12H10ClFN2O/c1-8-11(7-17)12(13)16(15-8)6-9-3-2-4-10(14)5-9/h2-5,7H,6H2,1H3. The van der Waals surface area contributed by atoms with Crippen LogP contribution in [0.15, 0.2) is 24.3 Å². The van der Waals surface area contributed by atoms with Gasteiger partial charge >= 0.3 is 0 Å². The molecule has 0 aliphatic heterocycles. The van der Waals surface area contributed by atoms with Gasteiger partial charge in [0, 0.05) is 0 Å². The van der Waals surface area contributed by atoms with E-state index in [9.17, 15) is 9.18 Å². The Bertz CT molecular complexity index is 566. The van der Waals surface area contributed by atoms with Crippen molar-refractivity contribution in [3.8, 4) is 0 Å². The highest BCUT2D eigenvalue weighted by molar-refractivity contribution is 6.32. The Morgan fingerprint density at radius 3 is 2.88 bits per heavy atom. The minimum absolute atomic E-state index is 0.279. The highest BCUT2D eigenvalue weighted by Gasteiger charge is 2.12. The molecule has 0 radical (unpaired) electrons. The summed E-state index contributed by atoms with van der Waals surface area (Å²) in [5.74, 6) is -0.307. The molecule has 17 heavy (non-hydrogen) atoms. The smallest absolute Gasteiger partial charge is 0.155 e. The van der Waals surface area contributed by atoms with Crippen LogP contribution >= 0.6 is 11.6 Å². The number of aromatic nitrogens is 2. The van der Waals surface area contributed by atoms with Crippen molar-refractivity contribution >= 4 is 17.9 Å². The lowest BCUT2D eigenvalue weighted by molar-refractivity contribution is 0.112. The van der Waals surface area contributed by atoms with Gasteiger partial charge in [-0.2, -0.15) is 5.10 Å². The van der Waals surface area contributed by atoms with Gasteiger partial charge in [0.1, 0.15) is 11.0 Å². The molecule has 0 unspecified atom stereocenters. The van der Waals surface area contributed by atoms with E-state index in [0.29, 0.717) is 24.1 Å². The van der Waals surface area contributed by atoms with Crippen LogP contribution in [-0.2, 0) is 6.54 Å². The normalized spacial score (nSPS) is 10.5. The van der Waals surface area contributed by atoms with Gasteiger partial charge in [-0.25, -0.2) is 9.07 Å². The van der Waals surface area contributed by atoms with E-state index in [1.165, 1.54) is 16.8 Å². The molecule has 88 valence electrons. The first-order chi connectivity index (χ1) is 8.11. The van der Waals surface area contributed by atoms with Crippen molar-refractivity contribution in [3.63, 3.8) is 0 Å². The third-order valence-electron chi connectivity index (χ3n) is 2.45. The molecule has 3 nitrogen and oxygen atoms in total. The lowest BCUT2D eigenvalue weighted by atomic mass is 10.2. The molecule has 0 saturated carbocycles. The summed E-state index contributed by atoms with van der Waals surface area (Å²) < 4.78 is 14.5. The van der Waals surface area contributed by atoms with E-state index in [-0.39, 0.29) is 11.0 Å². The van der Waals surface area contributed by atoms with Crippen LogP contribution in [0, 0.1) is 12.7 Å². The number of rotatable bonds is 3. The summed E-state index contributed by atoms with van der Waals surface area (Å²) in [6.07, 6.45) is 0.673. The van der Waals surface area contributed by atoms with Gasteiger partial charge in [0.25, 0.3) is 0 Å². The van der Waals surface area contributed by atoms with Gasteiger partial charge in [0.05, 0.1) is 17.8 Å². The number of halogens is 2. The number of aldehydes is 1. The molecule has 0 spiro atoms. The first kappa shape index (κ1) is 11.8. The largest absolute Gasteiger partial charge is 0.298 e. The number of carbonyl (C=O) groups excluding carboxylic acids is 1. The van der Waals surface area contributed by atoms with Crippen LogP contribution in [0.4, 0.5) is 4.39 Å². The minimum Gasteiger partial charge on any atom is -0.298 e. The molecule has 1 aromatic heterocycles. The van der Waals surface area contributed by atoms with E-state index >= 15 is 0 Å². The average molecular weight is 253 g/mol. The third-order valence-corrected chi connectivity index (χ3v) is 2.85. The van der Waals surface area contributed by atoms with Gasteiger partial charge in [-0.15, -0.1) is 0 Å². The molecule has 0 fully saturated rings. The van der Waals surface area contributed by atoms with Gasteiger partial charge in [0.15, 0.2) is 6.29 Å². The molecule has 1 aromatic carbocycles. The predicted octanol–water partition coefficient (Wildman–Crippen LogP) is 2.84. The Kier molecular flexibility index (Phi) is 3.24. The van der Waals surface area contributed by atoms with Crippen molar-refractivity contribution in [1.29, 1.82) is 0 Å². The molecular weight excluding hydrogens is 243 g/mol. The van der Waals surface area contributed by atoms with Crippen LogP contribution in [0.1, 0.15) is 21.6 Å². The highest BCUT2D eigenvalue weighted by atomic mass is 35.5. The van der Waals surface area contributed by atoms with Crippen molar-refractivity contribution in [2.24, 2.45) is 0 Å². The van der Waals surface area contributed by atoms with Crippen LogP contribution in [0.25, 0.3) is 0 Å². The topological polar surface area (TPSA) is 34.9 Å². The molecule has 5 heteroatoms. The second-order valence-electron chi connectivity index (χ2n) is 3.70. The van der Waals surface area contributed by atoms with Gasteiger partial charge in [0.2, 0.25) is 0 Å². The number of aryl methyl sites for hydroxylation is 1. The number of benzene rings is 1. The fourth-order valence-electron chi connectivity index (χ4n) is 1.61. The molecule has 0 amide bonds. The van der Waals surface area contributed by atoms with E-state index in [0.717, 1.165) is 5.56 Å². The molecule has 1 heterocycles. The summed E-state index contributed by atoms with van der Waals surface area (Å²) in [5.41, 5.74) is 1.69. The lowest BCUT2D eigenvalue weighted by Gasteiger charge is -2.03. The van der Waals surface area contributed by atoms with E-state index in [1.807, 2.05) is 0 Å². The molecule has 2 rings (SSSR count). The third kappa shape index (κ3) is 2.36.